The van der Waals surface area contributed by atoms with E-state index in [1.165, 1.54) is 0 Å². The number of rotatable bonds is 7. The smallest absolute Gasteiger partial charge is 0.143 e. The molecule has 57 heavy (non-hydrogen) atoms. The van der Waals surface area contributed by atoms with E-state index in [1.54, 1.807) is 36.4 Å². The van der Waals surface area contributed by atoms with Gasteiger partial charge in [0.05, 0.1) is 35.7 Å². The van der Waals surface area contributed by atoms with Gasteiger partial charge in [-0.3, -0.25) is 0 Å². The van der Waals surface area contributed by atoms with Crippen LogP contribution in [-0.2, 0) is 0 Å². The fraction of sp³-hybridized carbons (Fsp3) is 0. The Balaban J connectivity index is 1.25. The van der Waals surface area contributed by atoms with Crippen molar-refractivity contribution in [3.8, 4) is 39.1 Å². The van der Waals surface area contributed by atoms with Crippen LogP contribution in [0.15, 0.2) is 222 Å². The first kappa shape index (κ1) is 19.3. The number of aromatic nitrogens is 1. The maximum absolute atomic E-state index is 9.68. The van der Waals surface area contributed by atoms with Crippen LogP contribution in [0.4, 0.5) is 17.1 Å². The lowest BCUT2D eigenvalue weighted by molar-refractivity contribution is 0.670. The molecule has 3 heteroatoms. The SMILES string of the molecule is [2H]c1c([2H])c([2H])c(-c2c([2H])c([2H])c(N(c3cc(-c4cccc(-n5c6ccccc6c6ccccc65)c4)c4oc5ccccc5c4c3)c3c([2H])c([2H])c(-c4c([2H])c([2H])c([2H])c([2H])c4[2H])c([2H])c3[2H])c([2H])c2[2H])c([2H])c1[2H]. The Morgan fingerprint density at radius 1 is 0.404 bits per heavy atom. The molecule has 0 aliphatic carbocycles. The second kappa shape index (κ2) is 13.6. The van der Waals surface area contributed by atoms with Crippen molar-refractivity contribution in [2.75, 3.05) is 4.90 Å². The van der Waals surface area contributed by atoms with Gasteiger partial charge in [-0.05, 0) is 94.5 Å². The summed E-state index contributed by atoms with van der Waals surface area (Å²) in [5.41, 5.74) is 0.621. The summed E-state index contributed by atoms with van der Waals surface area (Å²) >= 11 is 0. The minimum atomic E-state index is -0.866. The molecule has 2 heterocycles. The molecule has 2 aromatic heterocycles. The van der Waals surface area contributed by atoms with Gasteiger partial charge in [-0.2, -0.15) is 0 Å². The lowest BCUT2D eigenvalue weighted by Gasteiger charge is -2.27. The number of hydrogen-bond donors (Lipinski definition) is 0. The van der Waals surface area contributed by atoms with E-state index in [9.17, 15) is 11.0 Å². The third-order valence-corrected chi connectivity index (χ3v) is 9.89. The molecule has 0 radical (unpaired) electrons. The third-order valence-electron chi connectivity index (χ3n) is 9.89. The predicted molar refractivity (Wildman–Crippen MR) is 239 cm³/mol. The van der Waals surface area contributed by atoms with E-state index in [-0.39, 0.29) is 5.69 Å². The lowest BCUT2D eigenvalue weighted by atomic mass is 9.99. The minimum absolute atomic E-state index is 0.0287. The number of para-hydroxylation sites is 3. The molecule has 0 unspecified atom stereocenters. The van der Waals surface area contributed by atoms with Gasteiger partial charge in [0, 0.05) is 49.9 Å². The first-order valence-electron chi connectivity index (χ1n) is 27.0. The maximum atomic E-state index is 9.68. The number of furan rings is 1. The zero-order chi connectivity index (χ0) is 53.4. The van der Waals surface area contributed by atoms with Crippen LogP contribution in [0.1, 0.15) is 24.7 Å². The zero-order valence-electron chi connectivity index (χ0n) is 47.7. The predicted octanol–water partition coefficient (Wildman–Crippen LogP) is 15.2. The third kappa shape index (κ3) is 5.68. The van der Waals surface area contributed by atoms with E-state index >= 15 is 0 Å². The van der Waals surface area contributed by atoms with E-state index in [2.05, 4.69) is 4.57 Å². The van der Waals surface area contributed by atoms with Gasteiger partial charge < -0.3 is 13.9 Å². The summed E-state index contributed by atoms with van der Waals surface area (Å²) in [6.07, 6.45) is 0. The van der Waals surface area contributed by atoms with Gasteiger partial charge in [-0.1, -0.05) is 151 Å². The quantitative estimate of drug-likeness (QED) is 0.162. The molecule has 3 nitrogen and oxygen atoms in total. The largest absolute Gasteiger partial charge is 0.455 e. The molecule has 268 valence electrons. The van der Waals surface area contributed by atoms with Crippen LogP contribution >= 0.6 is 0 Å². The van der Waals surface area contributed by atoms with Crippen LogP contribution in [0.5, 0.6) is 0 Å². The van der Waals surface area contributed by atoms with Crippen molar-refractivity contribution < 1.29 is 29.1 Å². The molecule has 9 aromatic carbocycles. The molecule has 0 saturated carbocycles. The van der Waals surface area contributed by atoms with Crippen molar-refractivity contribution in [3.63, 3.8) is 0 Å². The minimum Gasteiger partial charge on any atom is -0.455 e. The van der Waals surface area contributed by atoms with Gasteiger partial charge in [0.1, 0.15) is 11.2 Å². The van der Waals surface area contributed by atoms with Gasteiger partial charge in [0.2, 0.25) is 0 Å². The number of anilines is 3. The Morgan fingerprint density at radius 3 is 1.53 bits per heavy atom. The normalized spacial score (nSPS) is 15.9. The van der Waals surface area contributed by atoms with E-state index in [0.717, 1.165) is 32.4 Å². The van der Waals surface area contributed by atoms with Crippen molar-refractivity contribution in [2.45, 2.75) is 0 Å². The summed E-state index contributed by atoms with van der Waals surface area (Å²) in [5.74, 6) is 0. The van der Waals surface area contributed by atoms with E-state index < -0.39 is 142 Å². The summed E-state index contributed by atoms with van der Waals surface area (Å²) in [5, 5.41) is 3.07. The molecule has 0 spiro atoms. The number of hydrogen-bond acceptors (Lipinski definition) is 2. The first-order chi connectivity index (χ1) is 35.8. The summed E-state index contributed by atoms with van der Waals surface area (Å²) in [4.78, 5) is 1.03. The molecular weight excluding hydrogens is 693 g/mol. The molecule has 0 bridgehead atoms. The lowest BCUT2D eigenvalue weighted by Crippen LogP contribution is -2.10. The molecule has 11 rings (SSSR count). The molecule has 0 amide bonds. The van der Waals surface area contributed by atoms with Crippen LogP contribution < -0.4 is 4.90 Å². The average molecular weight is 747 g/mol. The monoisotopic (exact) mass is 746 g/mol. The number of fused-ring (bicyclic) bond motifs is 6. The van der Waals surface area contributed by atoms with Crippen molar-refractivity contribution >= 4 is 60.8 Å². The topological polar surface area (TPSA) is 21.3 Å². The Hall–Kier alpha value is -7.62. The molecule has 0 saturated heterocycles. The van der Waals surface area contributed by atoms with Crippen LogP contribution in [-0.4, -0.2) is 4.57 Å². The Kier molecular flexibility index (Phi) is 4.60. The Labute approximate surface area is 356 Å². The molecule has 11 aromatic rings. The molecule has 0 fully saturated rings. The van der Waals surface area contributed by atoms with Gasteiger partial charge in [0.15, 0.2) is 0 Å². The van der Waals surface area contributed by atoms with E-state index in [4.69, 9.17) is 18.1 Å². The van der Waals surface area contributed by atoms with Crippen LogP contribution in [0.3, 0.4) is 0 Å². The number of nitrogens with zero attached hydrogens (tertiary/aromatic N) is 2. The van der Waals surface area contributed by atoms with Gasteiger partial charge in [-0.15, -0.1) is 0 Å². The average Bonchev–Trinajstić information content (AvgIpc) is 3.97. The first-order valence-corrected chi connectivity index (χ1v) is 18.0. The second-order valence-corrected chi connectivity index (χ2v) is 13.2. The molecule has 0 aliphatic heterocycles. The van der Waals surface area contributed by atoms with Gasteiger partial charge in [0.25, 0.3) is 0 Å². The molecule has 0 aliphatic rings. The highest BCUT2D eigenvalue weighted by atomic mass is 16.3. The zero-order valence-corrected chi connectivity index (χ0v) is 29.7. The highest BCUT2D eigenvalue weighted by Crippen LogP contribution is 2.44. The number of benzene rings is 9. The highest BCUT2D eigenvalue weighted by molar-refractivity contribution is 6.12. The van der Waals surface area contributed by atoms with Crippen LogP contribution in [0.25, 0.3) is 82.8 Å². The summed E-state index contributed by atoms with van der Waals surface area (Å²) in [6, 6.07) is 19.0. The standard InChI is InChI=1S/C54H36N2O/c1-3-14-37(15-4-1)39-26-30-42(31-27-39)55(43-32-28-40(29-33-43)38-16-5-2-6-17-38)45-35-49(54-50(36-45)48-22-9-12-25-53(48)57-54)41-18-13-19-44(34-41)56-51-23-10-7-20-46(51)47-21-8-11-24-52(47)56/h1-36H/i1D,2D,3D,4D,5D,6D,14D,15D,16D,17D,26D,27D,28D,29D,30D,31D,32D,33D. The summed E-state index contributed by atoms with van der Waals surface area (Å²) in [7, 11) is 0. The van der Waals surface area contributed by atoms with Crippen LogP contribution in [0, 0.1) is 0 Å². The fourth-order valence-electron chi connectivity index (χ4n) is 7.37. The fourth-order valence-corrected chi connectivity index (χ4v) is 7.37. The van der Waals surface area contributed by atoms with E-state index in [0.29, 0.717) is 33.1 Å². The van der Waals surface area contributed by atoms with E-state index in [1.807, 2.05) is 72.8 Å². The van der Waals surface area contributed by atoms with Gasteiger partial charge >= 0.3 is 0 Å². The summed E-state index contributed by atoms with van der Waals surface area (Å²) in [6.45, 7) is 0. The van der Waals surface area contributed by atoms with Crippen molar-refractivity contribution in [3.05, 3.63) is 218 Å². The molecule has 0 N–H and O–H groups in total. The van der Waals surface area contributed by atoms with Crippen molar-refractivity contribution in [1.82, 2.24) is 4.57 Å². The van der Waals surface area contributed by atoms with Crippen molar-refractivity contribution in [2.24, 2.45) is 0 Å². The van der Waals surface area contributed by atoms with Crippen LogP contribution in [0.2, 0.25) is 0 Å². The Morgan fingerprint density at radius 2 is 0.930 bits per heavy atom. The highest BCUT2D eigenvalue weighted by Gasteiger charge is 2.21. The van der Waals surface area contributed by atoms with Crippen molar-refractivity contribution in [1.29, 1.82) is 0 Å². The maximum Gasteiger partial charge on any atom is 0.143 e. The summed E-state index contributed by atoms with van der Waals surface area (Å²) < 4.78 is 170. The molecular formula is C54H36N2O. The second-order valence-electron chi connectivity index (χ2n) is 13.2. The Bertz CT molecular complexity index is 4010. The van der Waals surface area contributed by atoms with Gasteiger partial charge in [-0.25, -0.2) is 0 Å². The molecule has 0 atom stereocenters.